The van der Waals surface area contributed by atoms with Crippen molar-refractivity contribution in [2.24, 2.45) is 16.9 Å². The van der Waals surface area contributed by atoms with Crippen molar-refractivity contribution in [1.29, 1.82) is 0 Å². The van der Waals surface area contributed by atoms with Crippen LogP contribution in [-0.4, -0.2) is 23.2 Å². The zero-order valence-corrected chi connectivity index (χ0v) is 14.6. The summed E-state index contributed by atoms with van der Waals surface area (Å²) in [6.07, 6.45) is 6.71. The van der Waals surface area contributed by atoms with Gasteiger partial charge in [-0.1, -0.05) is 49.6 Å². The van der Waals surface area contributed by atoms with Gasteiger partial charge in [0.15, 0.2) is 0 Å². The highest BCUT2D eigenvalue weighted by atomic mass is 16.4. The van der Waals surface area contributed by atoms with E-state index in [1.807, 2.05) is 32.0 Å². The van der Waals surface area contributed by atoms with Crippen molar-refractivity contribution in [2.45, 2.75) is 64.3 Å². The van der Waals surface area contributed by atoms with Gasteiger partial charge in [-0.25, -0.2) is 0 Å². The molecule has 0 amide bonds. The van der Waals surface area contributed by atoms with Gasteiger partial charge in [0.2, 0.25) is 0 Å². The zero-order chi connectivity index (χ0) is 17.3. The fraction of sp³-hybridized carbons (Fsp3) is 0.632. The Balaban J connectivity index is 0.000000231. The van der Waals surface area contributed by atoms with Crippen molar-refractivity contribution in [3.63, 3.8) is 0 Å². The minimum absolute atomic E-state index is 0.0793. The number of carbonyl (C=O) groups is 1. The molecule has 1 aliphatic rings. The Morgan fingerprint density at radius 1 is 1.17 bits per heavy atom. The molecule has 4 nitrogen and oxygen atoms in total. The average molecular weight is 320 g/mol. The molecule has 0 atom stereocenters. The van der Waals surface area contributed by atoms with Crippen LogP contribution in [0.5, 0.6) is 0 Å². The van der Waals surface area contributed by atoms with Gasteiger partial charge in [0.25, 0.3) is 0 Å². The summed E-state index contributed by atoms with van der Waals surface area (Å²) < 4.78 is 0. The molecule has 5 N–H and O–H groups in total. The second-order valence-electron chi connectivity index (χ2n) is 7.49. The number of carboxylic acid groups (broad SMARTS) is 1. The zero-order valence-electron chi connectivity index (χ0n) is 14.6. The fourth-order valence-electron chi connectivity index (χ4n) is 3.20. The van der Waals surface area contributed by atoms with E-state index >= 15 is 0 Å². The van der Waals surface area contributed by atoms with E-state index < -0.39 is 5.97 Å². The molecule has 0 aliphatic heterocycles. The van der Waals surface area contributed by atoms with Crippen LogP contribution in [0.25, 0.3) is 0 Å². The van der Waals surface area contributed by atoms with Crippen LogP contribution >= 0.6 is 0 Å². The summed E-state index contributed by atoms with van der Waals surface area (Å²) in [6, 6.07) is 10.3. The van der Waals surface area contributed by atoms with Crippen LogP contribution in [0, 0.1) is 5.41 Å². The van der Waals surface area contributed by atoms with Gasteiger partial charge in [-0.05, 0) is 50.6 Å². The first kappa shape index (κ1) is 19.7. The van der Waals surface area contributed by atoms with Gasteiger partial charge in [-0.2, -0.15) is 0 Å². The molecule has 0 bridgehead atoms. The van der Waals surface area contributed by atoms with E-state index in [2.05, 4.69) is 12.1 Å². The third-order valence-corrected chi connectivity index (χ3v) is 4.38. The maximum atomic E-state index is 10.6. The number of hydrogen-bond acceptors (Lipinski definition) is 3. The molecular formula is C19H32N2O2. The Kier molecular flexibility index (Phi) is 7.73. The molecule has 23 heavy (non-hydrogen) atoms. The van der Waals surface area contributed by atoms with Crippen LogP contribution in [0.15, 0.2) is 30.3 Å². The van der Waals surface area contributed by atoms with Crippen LogP contribution in [0.2, 0.25) is 0 Å². The van der Waals surface area contributed by atoms with Gasteiger partial charge in [0.1, 0.15) is 0 Å². The van der Waals surface area contributed by atoms with E-state index in [0.717, 1.165) is 32.1 Å². The molecule has 1 aliphatic carbocycles. The normalized spacial score (nSPS) is 17.0. The third-order valence-electron chi connectivity index (χ3n) is 4.38. The van der Waals surface area contributed by atoms with Crippen molar-refractivity contribution in [3.05, 3.63) is 35.9 Å². The highest BCUT2D eigenvalue weighted by Crippen LogP contribution is 2.38. The minimum Gasteiger partial charge on any atom is -0.481 e. The molecule has 0 unspecified atom stereocenters. The Morgan fingerprint density at radius 2 is 1.74 bits per heavy atom. The number of benzene rings is 1. The number of aliphatic carboxylic acids is 1. The lowest BCUT2D eigenvalue weighted by atomic mass is 9.72. The minimum atomic E-state index is -0.706. The summed E-state index contributed by atoms with van der Waals surface area (Å²) in [7, 11) is 0. The smallest absolute Gasteiger partial charge is 0.303 e. The molecule has 1 aromatic carbocycles. The quantitative estimate of drug-likeness (QED) is 0.776. The monoisotopic (exact) mass is 320 g/mol. The molecule has 0 saturated heterocycles. The number of nitrogens with two attached hydrogens (primary N) is 2. The molecule has 1 fully saturated rings. The van der Waals surface area contributed by atoms with Crippen molar-refractivity contribution in [2.75, 3.05) is 6.54 Å². The van der Waals surface area contributed by atoms with E-state index in [4.69, 9.17) is 16.6 Å². The molecule has 130 valence electrons. The Bertz CT molecular complexity index is 460. The molecule has 1 aromatic rings. The predicted molar refractivity (Wildman–Crippen MR) is 95.2 cm³/mol. The van der Waals surface area contributed by atoms with Crippen molar-refractivity contribution < 1.29 is 9.90 Å². The summed E-state index contributed by atoms with van der Waals surface area (Å²) in [5.41, 5.74) is 12.6. The topological polar surface area (TPSA) is 89.3 Å². The second-order valence-corrected chi connectivity index (χ2v) is 7.49. The summed E-state index contributed by atoms with van der Waals surface area (Å²) in [4.78, 5) is 10.6. The van der Waals surface area contributed by atoms with Crippen molar-refractivity contribution >= 4 is 5.97 Å². The van der Waals surface area contributed by atoms with E-state index in [1.54, 1.807) is 0 Å². The predicted octanol–water partition coefficient (Wildman–Crippen LogP) is 3.34. The molecular weight excluding hydrogens is 288 g/mol. The third kappa shape index (κ3) is 8.14. The van der Waals surface area contributed by atoms with Gasteiger partial charge in [0, 0.05) is 5.54 Å². The SMILES string of the molecule is CC(C)(N)Cc1ccccc1.NCC1(CC(=O)O)CCCCC1. The van der Waals surface area contributed by atoms with Crippen molar-refractivity contribution in [1.82, 2.24) is 0 Å². The summed E-state index contributed by atoms with van der Waals surface area (Å²) in [5.74, 6) is -0.706. The largest absolute Gasteiger partial charge is 0.481 e. The summed E-state index contributed by atoms with van der Waals surface area (Å²) in [5, 5.41) is 8.71. The highest BCUT2D eigenvalue weighted by molar-refractivity contribution is 5.67. The lowest BCUT2D eigenvalue weighted by Crippen LogP contribution is -2.34. The second kappa shape index (κ2) is 9.04. The first-order valence-corrected chi connectivity index (χ1v) is 8.51. The molecule has 4 heteroatoms. The Labute approximate surface area is 140 Å². The average Bonchev–Trinajstić information content (AvgIpc) is 2.47. The first-order valence-electron chi connectivity index (χ1n) is 8.51. The molecule has 0 heterocycles. The lowest BCUT2D eigenvalue weighted by molar-refractivity contribution is -0.140. The van der Waals surface area contributed by atoms with Crippen molar-refractivity contribution in [3.8, 4) is 0 Å². The first-order chi connectivity index (χ1) is 10.8. The van der Waals surface area contributed by atoms with E-state index in [0.29, 0.717) is 6.54 Å². The van der Waals surface area contributed by atoms with Gasteiger partial charge in [-0.3, -0.25) is 4.79 Å². The Hall–Kier alpha value is -1.39. The number of rotatable bonds is 5. The van der Waals surface area contributed by atoms with Gasteiger partial charge in [-0.15, -0.1) is 0 Å². The van der Waals surface area contributed by atoms with Gasteiger partial charge < -0.3 is 16.6 Å². The van der Waals surface area contributed by atoms with Crippen LogP contribution in [0.4, 0.5) is 0 Å². The van der Waals surface area contributed by atoms with Gasteiger partial charge in [0.05, 0.1) is 6.42 Å². The van der Waals surface area contributed by atoms with E-state index in [9.17, 15) is 4.79 Å². The molecule has 2 rings (SSSR count). The van der Waals surface area contributed by atoms with Crippen LogP contribution in [-0.2, 0) is 11.2 Å². The maximum Gasteiger partial charge on any atom is 0.303 e. The maximum absolute atomic E-state index is 10.6. The molecule has 0 radical (unpaired) electrons. The fourth-order valence-corrected chi connectivity index (χ4v) is 3.20. The van der Waals surface area contributed by atoms with Crippen LogP contribution in [0.1, 0.15) is 57.9 Å². The number of carboxylic acids is 1. The molecule has 1 saturated carbocycles. The van der Waals surface area contributed by atoms with E-state index in [1.165, 1.54) is 12.0 Å². The Morgan fingerprint density at radius 3 is 2.17 bits per heavy atom. The molecule has 0 aromatic heterocycles. The molecule has 0 spiro atoms. The standard InChI is InChI=1S/C10H15N.C9H17NO2/c1-10(2,11)8-9-6-4-3-5-7-9;10-7-9(6-8(11)12)4-2-1-3-5-9/h3-7H,8,11H2,1-2H3;1-7,10H2,(H,11,12). The summed E-state index contributed by atoms with van der Waals surface area (Å²) in [6.45, 7) is 4.61. The lowest BCUT2D eigenvalue weighted by Gasteiger charge is -2.34. The van der Waals surface area contributed by atoms with E-state index in [-0.39, 0.29) is 17.4 Å². The van der Waals surface area contributed by atoms with Crippen LogP contribution in [0.3, 0.4) is 0 Å². The number of hydrogen-bond donors (Lipinski definition) is 3. The van der Waals surface area contributed by atoms with Gasteiger partial charge >= 0.3 is 5.97 Å². The highest BCUT2D eigenvalue weighted by Gasteiger charge is 2.32. The van der Waals surface area contributed by atoms with Crippen LogP contribution < -0.4 is 11.5 Å². The summed E-state index contributed by atoms with van der Waals surface area (Å²) >= 11 is 0.